The van der Waals surface area contributed by atoms with Gasteiger partial charge in [-0.25, -0.2) is 4.79 Å². The lowest BCUT2D eigenvalue weighted by atomic mass is 10.2. The van der Waals surface area contributed by atoms with Gasteiger partial charge in [0.2, 0.25) is 5.76 Å². The van der Waals surface area contributed by atoms with Crippen LogP contribution in [0.25, 0.3) is 11.8 Å². The number of carbonyl (C=O) groups is 3. The molecule has 2 amide bonds. The number of thioether (sulfide) groups is 1. The molecule has 3 heterocycles. The molecular formula is C23H19BrN2O5S. The van der Waals surface area contributed by atoms with Gasteiger partial charge in [0, 0.05) is 15.9 Å². The third kappa shape index (κ3) is 4.05. The third-order valence-corrected chi connectivity index (χ3v) is 6.66. The summed E-state index contributed by atoms with van der Waals surface area (Å²) in [6.07, 6.45) is 1.74. The molecular weight excluding hydrogens is 496 g/mol. The van der Waals surface area contributed by atoms with E-state index >= 15 is 0 Å². The van der Waals surface area contributed by atoms with Gasteiger partial charge in [-0.15, -0.1) is 0 Å². The second-order valence-corrected chi connectivity index (χ2v) is 8.99. The lowest BCUT2D eigenvalue weighted by Gasteiger charge is -2.11. The second kappa shape index (κ2) is 8.84. The van der Waals surface area contributed by atoms with Crippen molar-refractivity contribution in [1.29, 1.82) is 0 Å². The first-order valence-corrected chi connectivity index (χ1v) is 11.3. The van der Waals surface area contributed by atoms with E-state index in [0.717, 1.165) is 43.8 Å². The molecule has 1 aliphatic rings. The van der Waals surface area contributed by atoms with Gasteiger partial charge in [-0.1, -0.05) is 12.1 Å². The molecule has 0 aliphatic carbocycles. The minimum Gasteiger partial charge on any atom is -0.463 e. The van der Waals surface area contributed by atoms with E-state index in [2.05, 4.69) is 25.2 Å². The maximum absolute atomic E-state index is 12.9. The first kappa shape index (κ1) is 22.2. The van der Waals surface area contributed by atoms with Crippen molar-refractivity contribution in [1.82, 2.24) is 9.47 Å². The Bertz CT molecular complexity index is 1270. The number of furan rings is 1. The molecule has 1 saturated heterocycles. The summed E-state index contributed by atoms with van der Waals surface area (Å²) in [7, 11) is 1.25. The molecule has 0 atom stereocenters. The smallest absolute Gasteiger partial charge is 0.373 e. The van der Waals surface area contributed by atoms with Gasteiger partial charge < -0.3 is 13.7 Å². The van der Waals surface area contributed by atoms with E-state index in [4.69, 9.17) is 4.42 Å². The number of nitrogens with zero attached hydrogens (tertiary/aromatic N) is 2. The monoisotopic (exact) mass is 514 g/mol. The number of aromatic nitrogens is 1. The Morgan fingerprint density at radius 1 is 1.19 bits per heavy atom. The number of carbonyl (C=O) groups excluding carboxylic acids is 3. The largest absolute Gasteiger partial charge is 0.463 e. The van der Waals surface area contributed by atoms with Gasteiger partial charge in [0.15, 0.2) is 0 Å². The van der Waals surface area contributed by atoms with Crippen LogP contribution in [0.3, 0.4) is 0 Å². The Labute approximate surface area is 197 Å². The number of amides is 2. The Balaban J connectivity index is 1.60. The molecule has 0 radical (unpaired) electrons. The molecule has 1 fully saturated rings. The van der Waals surface area contributed by atoms with E-state index in [9.17, 15) is 14.4 Å². The van der Waals surface area contributed by atoms with Crippen LogP contribution in [0.4, 0.5) is 4.79 Å². The molecule has 9 heteroatoms. The van der Waals surface area contributed by atoms with E-state index in [-0.39, 0.29) is 12.3 Å². The van der Waals surface area contributed by atoms with E-state index in [1.165, 1.54) is 13.2 Å². The number of halogens is 1. The molecule has 1 aromatic carbocycles. The fourth-order valence-corrected chi connectivity index (χ4v) is 4.84. The van der Waals surface area contributed by atoms with Crippen molar-refractivity contribution in [3.05, 3.63) is 80.3 Å². The van der Waals surface area contributed by atoms with Crippen LogP contribution in [0.1, 0.15) is 33.3 Å². The number of imide groups is 1. The highest BCUT2D eigenvalue weighted by atomic mass is 79.9. The summed E-state index contributed by atoms with van der Waals surface area (Å²) in [5, 5.41) is -0.392. The Hall–Kier alpha value is -3.04. The highest BCUT2D eigenvalue weighted by Crippen LogP contribution is 2.35. The Morgan fingerprint density at radius 3 is 2.66 bits per heavy atom. The van der Waals surface area contributed by atoms with Crippen molar-refractivity contribution in [2.24, 2.45) is 0 Å². The Morgan fingerprint density at radius 2 is 1.94 bits per heavy atom. The number of methoxy groups -OCH3 is 1. The molecule has 0 saturated carbocycles. The van der Waals surface area contributed by atoms with E-state index < -0.39 is 17.1 Å². The van der Waals surface area contributed by atoms with Gasteiger partial charge in [-0.2, -0.15) is 0 Å². The summed E-state index contributed by atoms with van der Waals surface area (Å²) < 4.78 is 13.1. The summed E-state index contributed by atoms with van der Waals surface area (Å²) in [5.41, 5.74) is 3.81. The van der Waals surface area contributed by atoms with E-state index in [1.807, 2.05) is 44.2 Å². The third-order valence-electron chi connectivity index (χ3n) is 5.09. The van der Waals surface area contributed by atoms with Crippen LogP contribution < -0.4 is 0 Å². The predicted molar refractivity (Wildman–Crippen MR) is 125 cm³/mol. The van der Waals surface area contributed by atoms with Crippen LogP contribution in [0.5, 0.6) is 0 Å². The van der Waals surface area contributed by atoms with E-state index in [0.29, 0.717) is 10.7 Å². The maximum Gasteiger partial charge on any atom is 0.373 e. The van der Waals surface area contributed by atoms with Crippen molar-refractivity contribution in [3.63, 3.8) is 0 Å². The molecule has 4 rings (SSSR count). The first-order valence-electron chi connectivity index (χ1n) is 9.66. The maximum atomic E-state index is 12.9. The SMILES string of the molecule is COC(=O)c1ccc(CN2C(=O)S/C(=C/c3cc(C)n(-c4ccccc4Br)c3C)C2=O)o1. The van der Waals surface area contributed by atoms with Gasteiger partial charge >= 0.3 is 5.97 Å². The normalized spacial score (nSPS) is 15.1. The molecule has 1 aliphatic heterocycles. The fraction of sp³-hybridized carbons (Fsp3) is 0.174. The van der Waals surface area contributed by atoms with Crippen LogP contribution in [-0.4, -0.2) is 33.7 Å². The molecule has 164 valence electrons. The standard InChI is InChI=1S/C23H19BrN2O5S/c1-13-10-15(14(2)26(13)18-7-5-4-6-17(18)24)11-20-21(27)25(23(29)32-20)12-16-8-9-19(31-16)22(28)30-3/h4-11H,12H2,1-3H3/b20-11+. The number of hydrogen-bond acceptors (Lipinski definition) is 6. The molecule has 2 aromatic heterocycles. The van der Waals surface area contributed by atoms with E-state index in [1.54, 1.807) is 12.1 Å². The average Bonchev–Trinajstić information content (AvgIpc) is 3.42. The summed E-state index contributed by atoms with van der Waals surface area (Å²) in [6.45, 7) is 3.90. The van der Waals surface area contributed by atoms with Crippen molar-refractivity contribution >= 4 is 50.9 Å². The predicted octanol–water partition coefficient (Wildman–Crippen LogP) is 5.47. The van der Waals surface area contributed by atoms with Crippen molar-refractivity contribution in [2.75, 3.05) is 7.11 Å². The highest BCUT2D eigenvalue weighted by Gasteiger charge is 2.36. The quantitative estimate of drug-likeness (QED) is 0.331. The number of rotatable bonds is 5. The number of aryl methyl sites for hydroxylation is 1. The topological polar surface area (TPSA) is 81.8 Å². The number of ether oxygens (including phenoxy) is 1. The summed E-state index contributed by atoms with van der Waals surface area (Å²) >= 11 is 4.47. The van der Waals surface area contributed by atoms with Gasteiger partial charge in [-0.05, 0) is 83.5 Å². The Kier molecular flexibility index (Phi) is 6.12. The molecule has 0 N–H and O–H groups in total. The summed E-state index contributed by atoms with van der Waals surface area (Å²) in [5.74, 6) is -0.682. The van der Waals surface area contributed by atoms with Gasteiger partial charge in [0.05, 0.1) is 24.2 Å². The zero-order chi connectivity index (χ0) is 23.0. The molecule has 7 nitrogen and oxygen atoms in total. The van der Waals surface area contributed by atoms with Crippen LogP contribution in [0, 0.1) is 13.8 Å². The number of esters is 1. The van der Waals surface area contributed by atoms with Crippen molar-refractivity contribution in [2.45, 2.75) is 20.4 Å². The lowest BCUT2D eigenvalue weighted by molar-refractivity contribution is -0.123. The van der Waals surface area contributed by atoms with Crippen LogP contribution in [0.15, 0.2) is 56.3 Å². The summed E-state index contributed by atoms with van der Waals surface area (Å²) in [6, 6.07) is 12.9. The van der Waals surface area contributed by atoms with Gasteiger partial charge in [0.25, 0.3) is 11.1 Å². The van der Waals surface area contributed by atoms with Gasteiger partial charge in [0.1, 0.15) is 5.76 Å². The minimum atomic E-state index is -0.620. The average molecular weight is 515 g/mol. The summed E-state index contributed by atoms with van der Waals surface area (Å²) in [4.78, 5) is 38.4. The first-order chi connectivity index (χ1) is 15.3. The molecule has 0 unspecified atom stereocenters. The number of hydrogen-bond donors (Lipinski definition) is 0. The number of benzene rings is 1. The second-order valence-electron chi connectivity index (χ2n) is 7.14. The molecule has 3 aromatic rings. The highest BCUT2D eigenvalue weighted by molar-refractivity contribution is 9.10. The minimum absolute atomic E-state index is 0.0181. The lowest BCUT2D eigenvalue weighted by Crippen LogP contribution is -2.27. The zero-order valence-electron chi connectivity index (χ0n) is 17.5. The molecule has 0 bridgehead atoms. The fourth-order valence-electron chi connectivity index (χ4n) is 3.54. The van der Waals surface area contributed by atoms with Crippen LogP contribution in [-0.2, 0) is 16.1 Å². The van der Waals surface area contributed by atoms with Gasteiger partial charge in [-0.3, -0.25) is 14.5 Å². The van der Waals surface area contributed by atoms with Crippen LogP contribution >= 0.6 is 27.7 Å². The number of para-hydroxylation sites is 1. The van der Waals surface area contributed by atoms with Crippen molar-refractivity contribution < 1.29 is 23.5 Å². The molecule has 0 spiro atoms. The van der Waals surface area contributed by atoms with Crippen molar-refractivity contribution in [3.8, 4) is 5.69 Å². The molecule has 32 heavy (non-hydrogen) atoms. The van der Waals surface area contributed by atoms with Crippen LogP contribution in [0.2, 0.25) is 0 Å². The zero-order valence-corrected chi connectivity index (χ0v) is 20.0.